The maximum absolute atomic E-state index is 12.7. The van der Waals surface area contributed by atoms with Gasteiger partial charge in [0, 0.05) is 36.7 Å². The van der Waals surface area contributed by atoms with E-state index in [2.05, 4.69) is 15.8 Å². The number of fused-ring (bicyclic) bond motifs is 1. The largest absolute Gasteiger partial charge is 0.356 e. The Morgan fingerprint density at radius 2 is 2.15 bits per heavy atom. The summed E-state index contributed by atoms with van der Waals surface area (Å²) >= 11 is 0. The number of benzene rings is 1. The quantitative estimate of drug-likeness (QED) is 0.769. The Hall–Kier alpha value is -3.00. The smallest absolute Gasteiger partial charge is 0.255 e. The molecule has 140 valence electrons. The molecule has 1 fully saturated rings. The van der Waals surface area contributed by atoms with E-state index in [1.54, 1.807) is 6.07 Å². The van der Waals surface area contributed by atoms with Crippen molar-refractivity contribution in [2.75, 3.05) is 6.54 Å². The third-order valence-corrected chi connectivity index (χ3v) is 4.92. The van der Waals surface area contributed by atoms with Crippen LogP contribution in [0.2, 0.25) is 0 Å². The van der Waals surface area contributed by atoms with Crippen LogP contribution < -0.4 is 10.6 Å². The first-order valence-electron chi connectivity index (χ1n) is 9.01. The van der Waals surface area contributed by atoms with E-state index < -0.39 is 11.9 Å². The van der Waals surface area contributed by atoms with E-state index in [4.69, 9.17) is 4.52 Å². The number of nitrogens with zero attached hydrogens (tertiary/aromatic N) is 2. The van der Waals surface area contributed by atoms with E-state index in [0.717, 1.165) is 23.4 Å². The number of carbonyl (C=O) groups excluding carboxylic acids is 3. The molecule has 0 spiro atoms. The molecule has 1 atom stereocenters. The van der Waals surface area contributed by atoms with Gasteiger partial charge in [-0.15, -0.1) is 0 Å². The molecule has 2 aromatic rings. The predicted molar refractivity (Wildman–Crippen MR) is 95.4 cm³/mol. The minimum Gasteiger partial charge on any atom is -0.356 e. The van der Waals surface area contributed by atoms with Gasteiger partial charge in [0.1, 0.15) is 6.04 Å². The number of aromatic nitrogens is 1. The zero-order valence-electron chi connectivity index (χ0n) is 14.9. The van der Waals surface area contributed by atoms with Crippen molar-refractivity contribution in [3.63, 3.8) is 0 Å². The first kappa shape index (κ1) is 17.4. The van der Waals surface area contributed by atoms with Crippen LogP contribution in [0.15, 0.2) is 28.8 Å². The normalized spacial score (nSPS) is 19.4. The number of rotatable bonds is 5. The fourth-order valence-electron chi connectivity index (χ4n) is 3.51. The van der Waals surface area contributed by atoms with Gasteiger partial charge in [-0.1, -0.05) is 18.1 Å². The Bertz CT molecular complexity index is 920. The van der Waals surface area contributed by atoms with Gasteiger partial charge >= 0.3 is 0 Å². The lowest BCUT2D eigenvalue weighted by Gasteiger charge is -2.29. The lowest BCUT2D eigenvalue weighted by atomic mass is 10.0. The molecule has 1 saturated heterocycles. The highest BCUT2D eigenvalue weighted by Crippen LogP contribution is 2.31. The van der Waals surface area contributed by atoms with Crippen LogP contribution in [0.1, 0.15) is 41.4 Å². The van der Waals surface area contributed by atoms with Gasteiger partial charge in [-0.2, -0.15) is 0 Å². The fraction of sp³-hybridized carbons (Fsp3) is 0.368. The maximum Gasteiger partial charge on any atom is 0.255 e. The third kappa shape index (κ3) is 3.23. The van der Waals surface area contributed by atoms with Crippen molar-refractivity contribution in [1.29, 1.82) is 0 Å². The Labute approximate surface area is 155 Å². The molecule has 2 aliphatic rings. The summed E-state index contributed by atoms with van der Waals surface area (Å²) in [4.78, 5) is 37.7. The van der Waals surface area contributed by atoms with E-state index >= 15 is 0 Å². The van der Waals surface area contributed by atoms with Crippen molar-refractivity contribution in [3.05, 3.63) is 41.1 Å². The monoisotopic (exact) mass is 368 g/mol. The van der Waals surface area contributed by atoms with Gasteiger partial charge in [0.15, 0.2) is 5.76 Å². The summed E-state index contributed by atoms with van der Waals surface area (Å²) in [7, 11) is 0. The Kier molecular flexibility index (Phi) is 4.49. The van der Waals surface area contributed by atoms with Gasteiger partial charge in [0.05, 0.1) is 5.69 Å². The molecular formula is C19H20N4O4. The molecule has 3 heterocycles. The zero-order chi connectivity index (χ0) is 19.0. The maximum atomic E-state index is 12.7. The summed E-state index contributed by atoms with van der Waals surface area (Å²) in [6.45, 7) is 3.84. The minimum atomic E-state index is -0.608. The minimum absolute atomic E-state index is 0.184. The predicted octanol–water partition coefficient (Wildman–Crippen LogP) is 1.21. The molecular weight excluding hydrogens is 348 g/mol. The van der Waals surface area contributed by atoms with Crippen LogP contribution in [0, 0.1) is 0 Å². The second-order valence-electron chi connectivity index (χ2n) is 6.73. The summed E-state index contributed by atoms with van der Waals surface area (Å²) in [5.74, 6) is -0.244. The van der Waals surface area contributed by atoms with Crippen LogP contribution in [0.5, 0.6) is 0 Å². The Morgan fingerprint density at radius 1 is 1.30 bits per heavy atom. The number of piperidine rings is 1. The van der Waals surface area contributed by atoms with E-state index in [9.17, 15) is 14.4 Å². The van der Waals surface area contributed by atoms with Crippen molar-refractivity contribution >= 4 is 17.7 Å². The number of hydrogen-bond acceptors (Lipinski definition) is 6. The first-order valence-corrected chi connectivity index (χ1v) is 9.01. The summed E-state index contributed by atoms with van der Waals surface area (Å²) in [5, 5.41) is 9.54. The van der Waals surface area contributed by atoms with E-state index in [1.165, 1.54) is 4.90 Å². The third-order valence-electron chi connectivity index (χ3n) is 4.92. The molecule has 8 heteroatoms. The SMILES string of the molecule is CCNCc1cc(-c2ccc3c(c2)CN(C2CCC(=O)NC2=O)C3=O)on1. The van der Waals surface area contributed by atoms with Crippen molar-refractivity contribution < 1.29 is 18.9 Å². The van der Waals surface area contributed by atoms with Gasteiger partial charge in [-0.05, 0) is 30.7 Å². The van der Waals surface area contributed by atoms with Crippen molar-refractivity contribution in [2.24, 2.45) is 0 Å². The van der Waals surface area contributed by atoms with Gasteiger partial charge < -0.3 is 14.7 Å². The molecule has 3 amide bonds. The summed E-state index contributed by atoms with van der Waals surface area (Å²) in [6.07, 6.45) is 0.599. The highest BCUT2D eigenvalue weighted by molar-refractivity contribution is 6.05. The van der Waals surface area contributed by atoms with Gasteiger partial charge in [0.2, 0.25) is 11.8 Å². The molecule has 27 heavy (non-hydrogen) atoms. The molecule has 8 nitrogen and oxygen atoms in total. The Morgan fingerprint density at radius 3 is 2.93 bits per heavy atom. The summed E-state index contributed by atoms with van der Waals surface area (Å²) in [5.41, 5.74) is 3.07. The van der Waals surface area contributed by atoms with Gasteiger partial charge in [-0.25, -0.2) is 0 Å². The van der Waals surface area contributed by atoms with Gasteiger partial charge in [-0.3, -0.25) is 19.7 Å². The number of amides is 3. The van der Waals surface area contributed by atoms with Crippen LogP contribution in [0.3, 0.4) is 0 Å². The molecule has 2 aliphatic heterocycles. The second kappa shape index (κ2) is 6.96. The van der Waals surface area contributed by atoms with Crippen LogP contribution in [-0.2, 0) is 22.7 Å². The van der Waals surface area contributed by atoms with Crippen molar-refractivity contribution in [3.8, 4) is 11.3 Å². The van der Waals surface area contributed by atoms with Crippen molar-refractivity contribution in [2.45, 2.75) is 38.9 Å². The Balaban J connectivity index is 1.55. The summed E-state index contributed by atoms with van der Waals surface area (Å²) in [6, 6.07) is 6.74. The highest BCUT2D eigenvalue weighted by Gasteiger charge is 2.39. The van der Waals surface area contributed by atoms with Crippen molar-refractivity contribution in [1.82, 2.24) is 20.7 Å². The van der Waals surface area contributed by atoms with E-state index in [-0.39, 0.29) is 18.2 Å². The lowest BCUT2D eigenvalue weighted by molar-refractivity contribution is -0.136. The molecule has 0 radical (unpaired) electrons. The summed E-state index contributed by atoms with van der Waals surface area (Å²) < 4.78 is 5.42. The number of carbonyl (C=O) groups is 3. The molecule has 0 aliphatic carbocycles. The van der Waals surface area contributed by atoms with Crippen LogP contribution in [0.25, 0.3) is 11.3 Å². The van der Waals surface area contributed by atoms with E-state index in [0.29, 0.717) is 30.8 Å². The molecule has 2 N–H and O–H groups in total. The van der Waals surface area contributed by atoms with Crippen LogP contribution in [-0.4, -0.2) is 40.4 Å². The molecule has 4 rings (SSSR count). The average Bonchev–Trinajstić information content (AvgIpc) is 3.25. The molecule has 1 unspecified atom stereocenters. The molecule has 1 aromatic heterocycles. The molecule has 0 saturated carbocycles. The van der Waals surface area contributed by atoms with Crippen LogP contribution in [0.4, 0.5) is 0 Å². The standard InChI is InChI=1S/C19H20N4O4/c1-2-20-9-13-8-16(27-22-13)11-3-4-14-12(7-11)10-23(19(14)26)15-5-6-17(24)21-18(15)25/h3-4,7-8,15,20H,2,5-6,9-10H2,1H3,(H,21,24,25). The second-order valence-corrected chi connectivity index (χ2v) is 6.73. The molecule has 0 bridgehead atoms. The highest BCUT2D eigenvalue weighted by atomic mass is 16.5. The fourth-order valence-corrected chi connectivity index (χ4v) is 3.51. The van der Waals surface area contributed by atoms with Gasteiger partial charge in [0.25, 0.3) is 5.91 Å². The lowest BCUT2D eigenvalue weighted by Crippen LogP contribution is -2.52. The average molecular weight is 368 g/mol. The topological polar surface area (TPSA) is 105 Å². The zero-order valence-corrected chi connectivity index (χ0v) is 14.9. The molecule has 1 aromatic carbocycles. The number of imide groups is 1. The number of hydrogen-bond donors (Lipinski definition) is 2. The first-order chi connectivity index (χ1) is 13.1. The van der Waals surface area contributed by atoms with E-state index in [1.807, 2.05) is 25.1 Å². The number of nitrogens with one attached hydrogen (secondary N) is 2. The van der Waals surface area contributed by atoms with Crippen LogP contribution >= 0.6 is 0 Å².